The Balaban J connectivity index is 2.37. The van der Waals surface area contributed by atoms with E-state index in [1.165, 1.54) is 25.3 Å². The summed E-state index contributed by atoms with van der Waals surface area (Å²) >= 11 is 0. The fourth-order valence-corrected chi connectivity index (χ4v) is 1.51. The molecule has 2 aromatic rings. The Morgan fingerprint density at radius 1 is 1.22 bits per heavy atom. The first-order valence-electron chi connectivity index (χ1n) is 5.13. The van der Waals surface area contributed by atoms with Crippen molar-refractivity contribution in [3.8, 4) is 11.3 Å². The minimum absolute atomic E-state index is 0.0771. The number of carbonyl (C=O) groups excluding carboxylic acids is 1. The van der Waals surface area contributed by atoms with Crippen LogP contribution >= 0.6 is 0 Å². The van der Waals surface area contributed by atoms with Crippen LogP contribution in [0.1, 0.15) is 20.9 Å². The fraction of sp³-hybridized carbons (Fsp3) is 0.0769. The number of ether oxygens (including phenoxy) is 1. The maximum absolute atomic E-state index is 11.2. The second-order valence-electron chi connectivity index (χ2n) is 3.54. The molecule has 0 saturated carbocycles. The molecule has 0 radical (unpaired) electrons. The van der Waals surface area contributed by atoms with Crippen LogP contribution in [0.2, 0.25) is 0 Å². The molecular weight excluding hydrogens is 236 g/mol. The van der Waals surface area contributed by atoms with Crippen LogP contribution in [0.5, 0.6) is 0 Å². The molecule has 0 spiro atoms. The maximum Gasteiger partial charge on any atom is 0.373 e. The number of benzene rings is 1. The van der Waals surface area contributed by atoms with Crippen molar-refractivity contribution >= 4 is 11.9 Å². The van der Waals surface area contributed by atoms with E-state index in [2.05, 4.69) is 4.74 Å². The Hall–Kier alpha value is -2.56. The molecule has 5 nitrogen and oxygen atoms in total. The van der Waals surface area contributed by atoms with Gasteiger partial charge >= 0.3 is 11.9 Å². The number of hydrogen-bond donors (Lipinski definition) is 1. The van der Waals surface area contributed by atoms with Gasteiger partial charge in [0.05, 0.1) is 12.7 Å². The molecule has 1 N–H and O–H groups in total. The number of carboxylic acid groups (broad SMARTS) is 1. The average Bonchev–Trinajstić information content (AvgIpc) is 2.87. The quantitative estimate of drug-likeness (QED) is 0.841. The molecule has 5 heteroatoms. The van der Waals surface area contributed by atoms with Crippen molar-refractivity contribution in [2.45, 2.75) is 0 Å². The highest BCUT2D eigenvalue weighted by Gasteiger charge is 2.13. The lowest BCUT2D eigenvalue weighted by molar-refractivity contribution is 0.0565. The van der Waals surface area contributed by atoms with Crippen LogP contribution in [0.15, 0.2) is 40.8 Å². The minimum atomic E-state index is -1.02. The van der Waals surface area contributed by atoms with Crippen molar-refractivity contribution in [1.29, 1.82) is 0 Å². The predicted octanol–water partition coefficient (Wildman–Crippen LogP) is 2.43. The number of hydrogen-bond acceptors (Lipinski definition) is 4. The normalized spacial score (nSPS) is 10.1. The van der Waals surface area contributed by atoms with Crippen molar-refractivity contribution in [3.05, 3.63) is 47.7 Å². The van der Waals surface area contributed by atoms with Gasteiger partial charge in [0, 0.05) is 5.56 Å². The summed E-state index contributed by atoms with van der Waals surface area (Å²) in [5, 5.41) is 8.88. The number of aromatic carboxylic acids is 1. The smallest absolute Gasteiger partial charge is 0.373 e. The standard InChI is InChI=1S/C13H10O5/c1-17-13(16)11-6-5-10(18-11)8-3-2-4-9(7-8)12(14)15/h2-7H,1H3,(H,14,15). The lowest BCUT2D eigenvalue weighted by atomic mass is 10.1. The van der Waals surface area contributed by atoms with Gasteiger partial charge in [0.15, 0.2) is 0 Å². The molecule has 92 valence electrons. The monoisotopic (exact) mass is 246 g/mol. The van der Waals surface area contributed by atoms with Crippen LogP contribution in [0, 0.1) is 0 Å². The molecule has 0 aliphatic rings. The number of furan rings is 1. The summed E-state index contributed by atoms with van der Waals surface area (Å²) in [5.41, 5.74) is 0.744. The Bertz CT molecular complexity index is 597. The Morgan fingerprint density at radius 2 is 2.00 bits per heavy atom. The molecule has 0 aliphatic carbocycles. The van der Waals surface area contributed by atoms with Gasteiger partial charge in [0.1, 0.15) is 5.76 Å². The highest BCUT2D eigenvalue weighted by molar-refractivity contribution is 5.89. The largest absolute Gasteiger partial charge is 0.478 e. The molecule has 0 saturated heterocycles. The Labute approximate surface area is 103 Å². The molecule has 1 aromatic carbocycles. The Kier molecular flexibility index (Phi) is 3.14. The number of carbonyl (C=O) groups is 2. The third kappa shape index (κ3) is 2.24. The van der Waals surface area contributed by atoms with Gasteiger partial charge in [-0.2, -0.15) is 0 Å². The molecule has 0 unspecified atom stereocenters. The molecule has 0 fully saturated rings. The van der Waals surface area contributed by atoms with Gasteiger partial charge < -0.3 is 14.3 Å². The highest BCUT2D eigenvalue weighted by atomic mass is 16.5. The molecule has 1 aromatic heterocycles. The third-order valence-electron chi connectivity index (χ3n) is 2.39. The van der Waals surface area contributed by atoms with Crippen LogP contribution in [0.4, 0.5) is 0 Å². The van der Waals surface area contributed by atoms with Crippen molar-refractivity contribution in [2.75, 3.05) is 7.11 Å². The second-order valence-corrected chi connectivity index (χ2v) is 3.54. The average molecular weight is 246 g/mol. The number of esters is 1. The van der Waals surface area contributed by atoms with Gasteiger partial charge in [0.25, 0.3) is 0 Å². The van der Waals surface area contributed by atoms with E-state index in [0.717, 1.165) is 0 Å². The lowest BCUT2D eigenvalue weighted by Gasteiger charge is -1.99. The number of methoxy groups -OCH3 is 1. The third-order valence-corrected chi connectivity index (χ3v) is 2.39. The summed E-state index contributed by atoms with van der Waals surface area (Å²) in [5.74, 6) is -1.10. The van der Waals surface area contributed by atoms with Crippen molar-refractivity contribution in [1.82, 2.24) is 0 Å². The van der Waals surface area contributed by atoms with Gasteiger partial charge in [0.2, 0.25) is 5.76 Å². The van der Waals surface area contributed by atoms with Crippen LogP contribution in [-0.4, -0.2) is 24.2 Å². The van der Waals surface area contributed by atoms with Crippen LogP contribution in [-0.2, 0) is 4.74 Å². The van der Waals surface area contributed by atoms with Gasteiger partial charge in [-0.05, 0) is 24.3 Å². The van der Waals surface area contributed by atoms with E-state index in [0.29, 0.717) is 11.3 Å². The van der Waals surface area contributed by atoms with Gasteiger partial charge in [-0.1, -0.05) is 12.1 Å². The maximum atomic E-state index is 11.2. The summed E-state index contributed by atoms with van der Waals surface area (Å²) in [6, 6.07) is 9.34. The van der Waals surface area contributed by atoms with E-state index >= 15 is 0 Å². The van der Waals surface area contributed by atoms with Gasteiger partial charge in [-0.25, -0.2) is 9.59 Å². The topological polar surface area (TPSA) is 76.7 Å². The lowest BCUT2D eigenvalue weighted by Crippen LogP contribution is -1.98. The molecule has 0 bridgehead atoms. The zero-order valence-electron chi connectivity index (χ0n) is 9.54. The number of rotatable bonds is 3. The minimum Gasteiger partial charge on any atom is -0.478 e. The highest BCUT2D eigenvalue weighted by Crippen LogP contribution is 2.23. The zero-order chi connectivity index (χ0) is 13.1. The van der Waals surface area contributed by atoms with Gasteiger partial charge in [-0.15, -0.1) is 0 Å². The van der Waals surface area contributed by atoms with Crippen LogP contribution < -0.4 is 0 Å². The summed E-state index contributed by atoms with van der Waals surface area (Å²) in [7, 11) is 1.26. The predicted molar refractivity (Wildman–Crippen MR) is 62.4 cm³/mol. The summed E-state index contributed by atoms with van der Waals surface area (Å²) < 4.78 is 9.81. The fourth-order valence-electron chi connectivity index (χ4n) is 1.51. The Morgan fingerprint density at radius 3 is 2.67 bits per heavy atom. The van der Waals surface area contributed by atoms with Crippen LogP contribution in [0.3, 0.4) is 0 Å². The summed E-state index contributed by atoms with van der Waals surface area (Å²) in [6.45, 7) is 0. The molecule has 0 atom stereocenters. The van der Waals surface area contributed by atoms with E-state index < -0.39 is 11.9 Å². The first kappa shape index (κ1) is 11.9. The molecule has 18 heavy (non-hydrogen) atoms. The van der Waals surface area contributed by atoms with Crippen molar-refractivity contribution in [2.24, 2.45) is 0 Å². The van der Waals surface area contributed by atoms with Crippen LogP contribution in [0.25, 0.3) is 11.3 Å². The first-order valence-corrected chi connectivity index (χ1v) is 5.13. The first-order chi connectivity index (χ1) is 8.61. The molecule has 0 amide bonds. The molecule has 1 heterocycles. The number of carboxylic acids is 1. The summed E-state index contributed by atoms with van der Waals surface area (Å²) in [6.07, 6.45) is 0. The SMILES string of the molecule is COC(=O)c1ccc(-c2cccc(C(=O)O)c2)o1. The molecule has 0 aliphatic heterocycles. The molecular formula is C13H10O5. The second kappa shape index (κ2) is 4.75. The van der Waals surface area contributed by atoms with E-state index in [1.807, 2.05) is 0 Å². The van der Waals surface area contributed by atoms with E-state index in [-0.39, 0.29) is 11.3 Å². The zero-order valence-corrected chi connectivity index (χ0v) is 9.54. The van der Waals surface area contributed by atoms with E-state index in [9.17, 15) is 9.59 Å². The van der Waals surface area contributed by atoms with Crippen molar-refractivity contribution < 1.29 is 23.8 Å². The van der Waals surface area contributed by atoms with E-state index in [1.54, 1.807) is 18.2 Å². The molecule has 2 rings (SSSR count). The van der Waals surface area contributed by atoms with E-state index in [4.69, 9.17) is 9.52 Å². The summed E-state index contributed by atoms with van der Waals surface area (Å²) in [4.78, 5) is 22.1. The van der Waals surface area contributed by atoms with Crippen molar-refractivity contribution in [3.63, 3.8) is 0 Å². The van der Waals surface area contributed by atoms with Gasteiger partial charge in [-0.3, -0.25) is 0 Å².